The summed E-state index contributed by atoms with van der Waals surface area (Å²) in [6, 6.07) is 6.84. The average molecular weight is 328 g/mol. The van der Waals surface area contributed by atoms with E-state index >= 15 is 0 Å². The van der Waals surface area contributed by atoms with Crippen LogP contribution in [-0.2, 0) is 6.42 Å². The molecule has 0 bridgehead atoms. The lowest BCUT2D eigenvalue weighted by molar-refractivity contribution is 0.0694. The summed E-state index contributed by atoms with van der Waals surface area (Å²) in [7, 11) is 0. The molecule has 0 spiro atoms. The second kappa shape index (κ2) is 6.07. The summed E-state index contributed by atoms with van der Waals surface area (Å²) in [5.74, 6) is 0.634. The van der Waals surface area contributed by atoms with Gasteiger partial charge in [-0.25, -0.2) is 4.79 Å². The fourth-order valence-corrected chi connectivity index (χ4v) is 4.77. The third-order valence-electron chi connectivity index (χ3n) is 6.47. The number of likely N-dealkylation sites (tertiary alicyclic amines) is 1. The molecule has 4 rings (SSSR count). The first-order chi connectivity index (χ1) is 11.6. The summed E-state index contributed by atoms with van der Waals surface area (Å²) in [5.41, 5.74) is 4.36. The van der Waals surface area contributed by atoms with Crippen molar-refractivity contribution in [3.05, 3.63) is 34.9 Å². The first-order valence-electron chi connectivity index (χ1n) is 9.38. The predicted molar refractivity (Wildman–Crippen MR) is 94.0 cm³/mol. The number of aliphatic hydroxyl groups is 1. The minimum atomic E-state index is -0.0184. The van der Waals surface area contributed by atoms with Crippen molar-refractivity contribution in [3.8, 4) is 0 Å². The molecule has 4 nitrogen and oxygen atoms in total. The quantitative estimate of drug-likeness (QED) is 0.875. The number of benzene rings is 1. The number of rotatable bonds is 2. The van der Waals surface area contributed by atoms with Gasteiger partial charge in [-0.2, -0.15) is 0 Å². The molecule has 0 aromatic heterocycles. The Morgan fingerprint density at radius 2 is 2.17 bits per heavy atom. The van der Waals surface area contributed by atoms with Crippen molar-refractivity contribution in [2.75, 3.05) is 19.7 Å². The van der Waals surface area contributed by atoms with Crippen molar-refractivity contribution in [3.63, 3.8) is 0 Å². The molecule has 1 aromatic rings. The Kier molecular flexibility index (Phi) is 4.03. The van der Waals surface area contributed by atoms with E-state index in [-0.39, 0.29) is 24.1 Å². The van der Waals surface area contributed by atoms with Gasteiger partial charge in [0.15, 0.2) is 0 Å². The van der Waals surface area contributed by atoms with Crippen molar-refractivity contribution in [2.24, 2.45) is 5.41 Å². The van der Waals surface area contributed by atoms with Crippen molar-refractivity contribution in [1.82, 2.24) is 10.2 Å². The van der Waals surface area contributed by atoms with E-state index in [1.165, 1.54) is 36.0 Å². The molecule has 1 saturated heterocycles. The van der Waals surface area contributed by atoms with Crippen LogP contribution >= 0.6 is 0 Å². The first kappa shape index (κ1) is 15.9. The van der Waals surface area contributed by atoms with Crippen LogP contribution in [0, 0.1) is 5.41 Å². The molecule has 1 heterocycles. The molecule has 2 amide bonds. The molecule has 4 heteroatoms. The largest absolute Gasteiger partial charge is 0.396 e. The predicted octanol–water partition coefficient (Wildman–Crippen LogP) is 3.36. The zero-order valence-electron chi connectivity index (χ0n) is 14.6. The van der Waals surface area contributed by atoms with Gasteiger partial charge < -0.3 is 15.3 Å². The van der Waals surface area contributed by atoms with E-state index in [9.17, 15) is 9.90 Å². The number of carbonyl (C=O) groups excluding carboxylic acids is 1. The Hall–Kier alpha value is -1.55. The van der Waals surface area contributed by atoms with Gasteiger partial charge in [-0.05, 0) is 66.5 Å². The summed E-state index contributed by atoms with van der Waals surface area (Å²) >= 11 is 0. The summed E-state index contributed by atoms with van der Waals surface area (Å²) < 4.78 is 0. The van der Waals surface area contributed by atoms with Gasteiger partial charge in [0.25, 0.3) is 0 Å². The molecule has 130 valence electrons. The molecule has 0 saturated carbocycles. The number of nitrogens with one attached hydrogen (secondary N) is 1. The molecule has 2 N–H and O–H groups in total. The van der Waals surface area contributed by atoms with Crippen LogP contribution in [0.5, 0.6) is 0 Å². The highest BCUT2D eigenvalue weighted by atomic mass is 16.3. The molecule has 1 fully saturated rings. The number of aliphatic hydroxyl groups excluding tert-OH is 1. The summed E-state index contributed by atoms with van der Waals surface area (Å²) in [6.45, 7) is 3.80. The number of hydrogen-bond acceptors (Lipinski definition) is 2. The molecule has 3 aliphatic rings. The molecule has 2 aliphatic carbocycles. The van der Waals surface area contributed by atoms with Gasteiger partial charge in [0.2, 0.25) is 0 Å². The zero-order chi connectivity index (χ0) is 16.7. The van der Waals surface area contributed by atoms with E-state index in [0.29, 0.717) is 5.92 Å². The minimum absolute atomic E-state index is 0.0184. The fraction of sp³-hybridized carbons (Fsp3) is 0.650. The standard InChI is InChI=1S/C20H28N2O2/c1-20(13-23)8-10-22(11-9-20)19(24)21-17-12-15-6-2-4-14-5-3-7-16(17)18(14)15/h3,5,7,15,17,23H,2,4,6,8-13H2,1H3,(H,21,24)/t15-,17-/m0/s1. The van der Waals surface area contributed by atoms with Gasteiger partial charge in [0, 0.05) is 19.7 Å². The summed E-state index contributed by atoms with van der Waals surface area (Å²) in [5, 5.41) is 12.8. The normalized spacial score (nSPS) is 27.7. The van der Waals surface area contributed by atoms with E-state index in [0.717, 1.165) is 32.4 Å². The van der Waals surface area contributed by atoms with Crippen LogP contribution in [0.15, 0.2) is 18.2 Å². The lowest BCUT2D eigenvalue weighted by Crippen LogP contribution is -2.48. The van der Waals surface area contributed by atoms with Crippen LogP contribution in [-0.4, -0.2) is 35.7 Å². The molecule has 0 unspecified atom stereocenters. The van der Waals surface area contributed by atoms with E-state index in [1.807, 2.05) is 4.90 Å². The van der Waals surface area contributed by atoms with Gasteiger partial charge >= 0.3 is 6.03 Å². The van der Waals surface area contributed by atoms with Gasteiger partial charge in [-0.3, -0.25) is 0 Å². The third-order valence-corrected chi connectivity index (χ3v) is 6.47. The molecule has 24 heavy (non-hydrogen) atoms. The number of carbonyl (C=O) groups is 1. The van der Waals surface area contributed by atoms with E-state index in [2.05, 4.69) is 30.4 Å². The van der Waals surface area contributed by atoms with Crippen LogP contribution in [0.4, 0.5) is 4.79 Å². The van der Waals surface area contributed by atoms with E-state index < -0.39 is 0 Å². The van der Waals surface area contributed by atoms with Gasteiger partial charge in [-0.15, -0.1) is 0 Å². The Bertz CT molecular complexity index is 635. The van der Waals surface area contributed by atoms with E-state index in [1.54, 1.807) is 0 Å². The summed E-state index contributed by atoms with van der Waals surface area (Å²) in [4.78, 5) is 14.6. The SMILES string of the molecule is CC1(CO)CCN(C(=O)N[C@H]2C[C@@H]3CCCc4cccc2c43)CC1. The van der Waals surface area contributed by atoms with Crippen molar-refractivity contribution < 1.29 is 9.90 Å². The molecule has 2 atom stereocenters. The smallest absolute Gasteiger partial charge is 0.317 e. The lowest BCUT2D eigenvalue weighted by atomic mass is 9.81. The van der Waals surface area contributed by atoms with Crippen molar-refractivity contribution >= 4 is 6.03 Å². The van der Waals surface area contributed by atoms with Crippen molar-refractivity contribution in [2.45, 2.75) is 57.4 Å². The average Bonchev–Trinajstić information content (AvgIpc) is 2.95. The maximum atomic E-state index is 12.7. The molecular weight excluding hydrogens is 300 g/mol. The van der Waals surface area contributed by atoms with Gasteiger partial charge in [0.1, 0.15) is 0 Å². The minimum Gasteiger partial charge on any atom is -0.396 e. The van der Waals surface area contributed by atoms with Crippen LogP contribution < -0.4 is 5.32 Å². The van der Waals surface area contributed by atoms with Gasteiger partial charge in [-0.1, -0.05) is 25.1 Å². The number of urea groups is 1. The fourth-order valence-electron chi connectivity index (χ4n) is 4.77. The van der Waals surface area contributed by atoms with Crippen LogP contribution in [0.25, 0.3) is 0 Å². The molecule has 1 aromatic carbocycles. The Balaban J connectivity index is 1.44. The zero-order valence-corrected chi connectivity index (χ0v) is 14.6. The lowest BCUT2D eigenvalue weighted by Gasteiger charge is -2.38. The Labute approximate surface area is 144 Å². The Morgan fingerprint density at radius 3 is 2.92 bits per heavy atom. The highest BCUT2D eigenvalue weighted by Crippen LogP contribution is 2.47. The highest BCUT2D eigenvalue weighted by Gasteiger charge is 2.37. The number of piperidine rings is 1. The first-order valence-corrected chi connectivity index (χ1v) is 9.38. The molecule has 0 radical (unpaired) electrons. The van der Waals surface area contributed by atoms with Crippen LogP contribution in [0.1, 0.15) is 67.7 Å². The summed E-state index contributed by atoms with van der Waals surface area (Å²) in [6.07, 6.45) is 6.53. The molecule has 1 aliphatic heterocycles. The maximum Gasteiger partial charge on any atom is 0.317 e. The Morgan fingerprint density at radius 1 is 1.38 bits per heavy atom. The highest BCUT2D eigenvalue weighted by molar-refractivity contribution is 5.75. The van der Waals surface area contributed by atoms with Crippen LogP contribution in [0.2, 0.25) is 0 Å². The second-order valence-electron chi connectivity index (χ2n) is 8.20. The van der Waals surface area contributed by atoms with E-state index in [4.69, 9.17) is 0 Å². The number of aryl methyl sites for hydroxylation is 1. The number of hydrogen-bond donors (Lipinski definition) is 2. The topological polar surface area (TPSA) is 52.6 Å². The maximum absolute atomic E-state index is 12.7. The van der Waals surface area contributed by atoms with Gasteiger partial charge in [0.05, 0.1) is 6.04 Å². The van der Waals surface area contributed by atoms with Crippen LogP contribution in [0.3, 0.4) is 0 Å². The molecular formula is C20H28N2O2. The number of nitrogens with zero attached hydrogens (tertiary/aromatic N) is 1. The van der Waals surface area contributed by atoms with Crippen molar-refractivity contribution in [1.29, 1.82) is 0 Å². The monoisotopic (exact) mass is 328 g/mol. The second-order valence-corrected chi connectivity index (χ2v) is 8.20. The number of amides is 2. The third kappa shape index (κ3) is 2.71.